The van der Waals surface area contributed by atoms with Crippen molar-refractivity contribution in [2.45, 2.75) is 20.4 Å². The van der Waals surface area contributed by atoms with Gasteiger partial charge in [-0.15, -0.1) is 0 Å². The molecule has 0 unspecified atom stereocenters. The van der Waals surface area contributed by atoms with E-state index >= 15 is 0 Å². The van der Waals surface area contributed by atoms with Crippen molar-refractivity contribution < 1.29 is 13.7 Å². The number of nitrogens with one attached hydrogen (secondary N) is 1. The van der Waals surface area contributed by atoms with Crippen LogP contribution in [-0.2, 0) is 11.3 Å². The number of hydrogen-bond donors (Lipinski definition) is 1. The van der Waals surface area contributed by atoms with Gasteiger partial charge in [0.15, 0.2) is 0 Å². The fraction of sp³-hybridized carbons (Fsp3) is 0.143. The summed E-state index contributed by atoms with van der Waals surface area (Å²) in [5, 5.41) is 6.78. The molecular formula is C21H18FN5O2. The zero-order valence-corrected chi connectivity index (χ0v) is 15.9. The minimum Gasteiger partial charge on any atom is -0.334 e. The van der Waals surface area contributed by atoms with E-state index in [2.05, 4.69) is 20.4 Å². The Bertz CT molecular complexity index is 1180. The van der Waals surface area contributed by atoms with Gasteiger partial charge in [-0.25, -0.2) is 9.37 Å². The van der Waals surface area contributed by atoms with Gasteiger partial charge in [0, 0.05) is 17.4 Å². The quantitative estimate of drug-likeness (QED) is 0.556. The van der Waals surface area contributed by atoms with Crippen molar-refractivity contribution in [3.8, 4) is 23.0 Å². The highest BCUT2D eigenvalue weighted by Crippen LogP contribution is 2.22. The van der Waals surface area contributed by atoms with E-state index in [1.165, 1.54) is 12.1 Å². The summed E-state index contributed by atoms with van der Waals surface area (Å²) in [5.41, 5.74) is 2.76. The molecule has 0 radical (unpaired) electrons. The first-order valence-corrected chi connectivity index (χ1v) is 8.98. The molecule has 2 heterocycles. The van der Waals surface area contributed by atoms with Gasteiger partial charge in [0.1, 0.15) is 23.9 Å². The molecule has 2 aromatic heterocycles. The van der Waals surface area contributed by atoms with Crippen LogP contribution in [0.4, 0.5) is 10.1 Å². The summed E-state index contributed by atoms with van der Waals surface area (Å²) >= 11 is 0. The lowest BCUT2D eigenvalue weighted by Gasteiger charge is -2.07. The molecule has 1 amide bonds. The third-order valence-corrected chi connectivity index (χ3v) is 4.32. The monoisotopic (exact) mass is 391 g/mol. The second-order valence-corrected chi connectivity index (χ2v) is 6.65. The maximum absolute atomic E-state index is 13.4. The molecule has 4 aromatic rings. The van der Waals surface area contributed by atoms with E-state index in [0.717, 1.165) is 11.3 Å². The average molecular weight is 391 g/mol. The zero-order chi connectivity index (χ0) is 20.4. The molecule has 7 nitrogen and oxygen atoms in total. The first-order valence-electron chi connectivity index (χ1n) is 8.98. The number of carbonyl (C=O) groups excluding carboxylic acids is 1. The molecule has 1 N–H and O–H groups in total. The SMILES string of the molecule is Cc1cccc(NC(=O)Cn2cc(-c3noc(-c4cccc(F)c4)n3)nc2C)c1. The molecule has 0 aliphatic rings. The second kappa shape index (κ2) is 7.67. The summed E-state index contributed by atoms with van der Waals surface area (Å²) in [6.07, 6.45) is 1.69. The maximum Gasteiger partial charge on any atom is 0.258 e. The average Bonchev–Trinajstić information content (AvgIpc) is 3.29. The Morgan fingerprint density at radius 1 is 1.14 bits per heavy atom. The van der Waals surface area contributed by atoms with Gasteiger partial charge in [-0.3, -0.25) is 4.79 Å². The van der Waals surface area contributed by atoms with Gasteiger partial charge in [0.25, 0.3) is 5.89 Å². The minimum atomic E-state index is -0.387. The Kier molecular flexibility index (Phi) is 4.90. The third kappa shape index (κ3) is 4.21. The molecule has 0 aliphatic heterocycles. The molecule has 0 saturated heterocycles. The van der Waals surface area contributed by atoms with Crippen molar-refractivity contribution in [2.24, 2.45) is 0 Å². The standard InChI is InChI=1S/C21H18FN5O2/c1-13-5-3-8-17(9-13)24-19(28)12-27-11-18(23-14(27)2)20-25-21(29-26-20)15-6-4-7-16(22)10-15/h3-11H,12H2,1-2H3,(H,24,28). The Labute approximate surface area is 166 Å². The lowest BCUT2D eigenvalue weighted by Crippen LogP contribution is -2.19. The number of carbonyl (C=O) groups is 1. The molecular weight excluding hydrogens is 373 g/mol. The Balaban J connectivity index is 1.50. The van der Waals surface area contributed by atoms with Crippen LogP contribution in [0.25, 0.3) is 23.0 Å². The van der Waals surface area contributed by atoms with E-state index in [4.69, 9.17) is 4.52 Å². The molecule has 0 aliphatic carbocycles. The summed E-state index contributed by atoms with van der Waals surface area (Å²) in [6, 6.07) is 13.5. The van der Waals surface area contributed by atoms with Gasteiger partial charge in [-0.1, -0.05) is 23.4 Å². The lowest BCUT2D eigenvalue weighted by atomic mass is 10.2. The fourth-order valence-electron chi connectivity index (χ4n) is 2.92. The molecule has 29 heavy (non-hydrogen) atoms. The van der Waals surface area contributed by atoms with Gasteiger partial charge >= 0.3 is 0 Å². The van der Waals surface area contributed by atoms with Gasteiger partial charge in [-0.05, 0) is 49.7 Å². The molecule has 146 valence electrons. The third-order valence-electron chi connectivity index (χ3n) is 4.32. The van der Waals surface area contributed by atoms with Crippen molar-refractivity contribution in [1.82, 2.24) is 19.7 Å². The number of anilines is 1. The van der Waals surface area contributed by atoms with Crippen molar-refractivity contribution >= 4 is 11.6 Å². The van der Waals surface area contributed by atoms with E-state index in [1.54, 1.807) is 29.8 Å². The first-order chi connectivity index (χ1) is 14.0. The first kappa shape index (κ1) is 18.5. The van der Waals surface area contributed by atoms with Crippen molar-refractivity contribution in [2.75, 3.05) is 5.32 Å². The molecule has 0 spiro atoms. The predicted octanol–water partition coefficient (Wildman–Crippen LogP) is 3.99. The summed E-state index contributed by atoms with van der Waals surface area (Å²) in [6.45, 7) is 3.85. The number of nitrogens with zero attached hydrogens (tertiary/aromatic N) is 4. The van der Waals surface area contributed by atoms with E-state index in [0.29, 0.717) is 17.1 Å². The van der Waals surface area contributed by atoms with Crippen LogP contribution in [0.1, 0.15) is 11.4 Å². The van der Waals surface area contributed by atoms with Crippen LogP contribution in [0.5, 0.6) is 0 Å². The van der Waals surface area contributed by atoms with Crippen LogP contribution in [0.2, 0.25) is 0 Å². The van der Waals surface area contributed by atoms with E-state index in [9.17, 15) is 9.18 Å². The Morgan fingerprint density at radius 3 is 2.76 bits per heavy atom. The number of rotatable bonds is 5. The highest BCUT2D eigenvalue weighted by atomic mass is 19.1. The molecule has 4 rings (SSSR count). The van der Waals surface area contributed by atoms with Crippen LogP contribution < -0.4 is 5.32 Å². The smallest absolute Gasteiger partial charge is 0.258 e. The number of imidazole rings is 1. The van der Waals surface area contributed by atoms with Gasteiger partial charge in [0.2, 0.25) is 11.7 Å². The van der Waals surface area contributed by atoms with Gasteiger partial charge in [-0.2, -0.15) is 4.98 Å². The predicted molar refractivity (Wildman–Crippen MR) is 105 cm³/mol. The number of benzene rings is 2. The minimum absolute atomic E-state index is 0.0986. The summed E-state index contributed by atoms with van der Waals surface area (Å²) < 4.78 is 20.3. The van der Waals surface area contributed by atoms with Crippen LogP contribution in [0, 0.1) is 19.7 Å². The number of amides is 1. The highest BCUT2D eigenvalue weighted by molar-refractivity contribution is 5.90. The van der Waals surface area contributed by atoms with Crippen molar-refractivity contribution in [3.05, 3.63) is 71.9 Å². The molecule has 2 aromatic carbocycles. The van der Waals surface area contributed by atoms with Crippen LogP contribution in [-0.4, -0.2) is 25.6 Å². The normalized spacial score (nSPS) is 10.9. The number of aryl methyl sites for hydroxylation is 2. The van der Waals surface area contributed by atoms with Gasteiger partial charge < -0.3 is 14.4 Å². The second-order valence-electron chi connectivity index (χ2n) is 6.65. The zero-order valence-electron chi connectivity index (χ0n) is 15.9. The number of hydrogen-bond acceptors (Lipinski definition) is 5. The highest BCUT2D eigenvalue weighted by Gasteiger charge is 2.16. The van der Waals surface area contributed by atoms with E-state index < -0.39 is 0 Å². The Hall–Kier alpha value is -3.81. The fourth-order valence-corrected chi connectivity index (χ4v) is 2.92. The molecule has 0 bridgehead atoms. The largest absolute Gasteiger partial charge is 0.334 e. The van der Waals surface area contributed by atoms with E-state index in [-0.39, 0.29) is 30.0 Å². The summed E-state index contributed by atoms with van der Waals surface area (Å²) in [5.74, 6) is 0.545. The number of aromatic nitrogens is 4. The molecule has 8 heteroatoms. The maximum atomic E-state index is 13.4. The summed E-state index contributed by atoms with van der Waals surface area (Å²) in [7, 11) is 0. The van der Waals surface area contributed by atoms with E-state index in [1.807, 2.05) is 31.2 Å². The lowest BCUT2D eigenvalue weighted by molar-refractivity contribution is -0.116. The topological polar surface area (TPSA) is 85.8 Å². The molecule has 0 atom stereocenters. The summed E-state index contributed by atoms with van der Waals surface area (Å²) in [4.78, 5) is 21.1. The van der Waals surface area contributed by atoms with Crippen LogP contribution >= 0.6 is 0 Å². The van der Waals surface area contributed by atoms with Crippen molar-refractivity contribution in [3.63, 3.8) is 0 Å². The van der Waals surface area contributed by atoms with Crippen molar-refractivity contribution in [1.29, 1.82) is 0 Å². The Morgan fingerprint density at radius 2 is 1.97 bits per heavy atom. The molecule has 0 fully saturated rings. The van der Waals surface area contributed by atoms with Gasteiger partial charge in [0.05, 0.1) is 0 Å². The molecule has 0 saturated carbocycles. The van der Waals surface area contributed by atoms with Crippen LogP contribution in [0.3, 0.4) is 0 Å². The van der Waals surface area contributed by atoms with Crippen LogP contribution in [0.15, 0.2) is 59.3 Å². The number of halogens is 1.